The Morgan fingerprint density at radius 1 is 1.50 bits per heavy atom. The summed E-state index contributed by atoms with van der Waals surface area (Å²) in [4.78, 5) is 25.2. The second-order valence-corrected chi connectivity index (χ2v) is 4.95. The zero-order valence-electron chi connectivity index (χ0n) is 10.9. The number of rotatable bonds is 5. The van der Waals surface area contributed by atoms with E-state index in [2.05, 4.69) is 20.4 Å². The molecule has 20 heavy (non-hydrogen) atoms. The molecule has 2 aromatic rings. The van der Waals surface area contributed by atoms with Crippen LogP contribution in [-0.2, 0) is 6.54 Å². The van der Waals surface area contributed by atoms with E-state index in [1.54, 1.807) is 17.5 Å². The number of hydrogen-bond acceptors (Lipinski definition) is 9. The van der Waals surface area contributed by atoms with Gasteiger partial charge in [0.15, 0.2) is 0 Å². The van der Waals surface area contributed by atoms with Gasteiger partial charge in [-0.15, -0.1) is 11.3 Å². The highest BCUT2D eigenvalue weighted by atomic mass is 32.1. The van der Waals surface area contributed by atoms with Crippen LogP contribution < -0.4 is 16.2 Å². The van der Waals surface area contributed by atoms with Crippen molar-refractivity contribution in [2.24, 2.45) is 5.84 Å². The predicted octanol–water partition coefficient (Wildman–Crippen LogP) is 1.07. The van der Waals surface area contributed by atoms with Crippen LogP contribution in [0.5, 0.6) is 0 Å². The van der Waals surface area contributed by atoms with Crippen LogP contribution in [0.4, 0.5) is 17.3 Å². The molecule has 0 atom stereocenters. The van der Waals surface area contributed by atoms with Gasteiger partial charge in [-0.25, -0.2) is 20.8 Å². The molecule has 0 bridgehead atoms. The van der Waals surface area contributed by atoms with Crippen molar-refractivity contribution in [2.45, 2.75) is 13.5 Å². The Balaban J connectivity index is 2.37. The van der Waals surface area contributed by atoms with Crippen molar-refractivity contribution in [1.82, 2.24) is 15.0 Å². The van der Waals surface area contributed by atoms with Crippen LogP contribution in [0.2, 0.25) is 0 Å². The molecule has 2 aromatic heterocycles. The van der Waals surface area contributed by atoms with Gasteiger partial charge in [-0.05, 0) is 6.92 Å². The summed E-state index contributed by atoms with van der Waals surface area (Å²) in [6, 6.07) is 0. The Morgan fingerprint density at radius 2 is 2.25 bits per heavy atom. The van der Waals surface area contributed by atoms with E-state index >= 15 is 0 Å². The Hall–Kier alpha value is -2.33. The summed E-state index contributed by atoms with van der Waals surface area (Å²) in [6.45, 7) is 2.36. The lowest BCUT2D eigenvalue weighted by Gasteiger charge is -2.17. The van der Waals surface area contributed by atoms with Crippen molar-refractivity contribution in [1.29, 1.82) is 0 Å². The fourth-order valence-corrected chi connectivity index (χ4v) is 2.52. The minimum Gasteiger partial charge on any atom is -0.349 e. The van der Waals surface area contributed by atoms with Crippen molar-refractivity contribution in [3.63, 3.8) is 0 Å². The molecule has 0 aromatic carbocycles. The summed E-state index contributed by atoms with van der Waals surface area (Å²) in [5.41, 5.74) is 4.60. The van der Waals surface area contributed by atoms with Crippen LogP contribution in [0, 0.1) is 17.0 Å². The van der Waals surface area contributed by atoms with Crippen LogP contribution in [-0.4, -0.2) is 26.9 Å². The molecule has 0 saturated carbocycles. The van der Waals surface area contributed by atoms with Gasteiger partial charge < -0.3 is 10.3 Å². The zero-order valence-corrected chi connectivity index (χ0v) is 11.7. The molecule has 0 fully saturated rings. The first-order valence-corrected chi connectivity index (χ1v) is 6.48. The molecule has 0 aliphatic carbocycles. The summed E-state index contributed by atoms with van der Waals surface area (Å²) in [5.74, 6) is 5.43. The molecular formula is C10H13N7O2S. The third-order valence-corrected chi connectivity index (χ3v) is 3.63. The molecule has 0 unspecified atom stereocenters. The fraction of sp³-hybridized carbons (Fsp3) is 0.300. The summed E-state index contributed by atoms with van der Waals surface area (Å²) in [6.07, 6.45) is 1.23. The van der Waals surface area contributed by atoms with Gasteiger partial charge in [0, 0.05) is 11.9 Å². The van der Waals surface area contributed by atoms with Gasteiger partial charge in [0.25, 0.3) is 0 Å². The average Bonchev–Trinajstić information content (AvgIpc) is 2.83. The molecule has 2 heterocycles. The molecule has 2 rings (SSSR count). The maximum Gasteiger partial charge on any atom is 0.354 e. The number of thiazole rings is 1. The first kappa shape index (κ1) is 14.1. The largest absolute Gasteiger partial charge is 0.354 e. The first-order chi connectivity index (χ1) is 9.54. The quantitative estimate of drug-likeness (QED) is 0.477. The molecule has 0 aliphatic rings. The third kappa shape index (κ3) is 2.65. The van der Waals surface area contributed by atoms with E-state index in [-0.39, 0.29) is 17.3 Å². The topological polar surface area (TPSA) is 123 Å². The smallest absolute Gasteiger partial charge is 0.349 e. The van der Waals surface area contributed by atoms with Gasteiger partial charge in [-0.2, -0.15) is 0 Å². The molecule has 3 N–H and O–H groups in total. The zero-order chi connectivity index (χ0) is 14.7. The van der Waals surface area contributed by atoms with E-state index in [9.17, 15) is 10.1 Å². The van der Waals surface area contributed by atoms with Crippen molar-refractivity contribution >= 4 is 28.7 Å². The predicted molar refractivity (Wildman–Crippen MR) is 75.5 cm³/mol. The lowest BCUT2D eigenvalue weighted by Crippen LogP contribution is -2.21. The molecule has 9 nitrogen and oxygen atoms in total. The third-order valence-electron chi connectivity index (χ3n) is 2.71. The Bertz CT molecular complexity index is 630. The molecule has 10 heteroatoms. The first-order valence-electron chi connectivity index (χ1n) is 5.60. The van der Waals surface area contributed by atoms with E-state index in [4.69, 9.17) is 5.84 Å². The number of aromatic nitrogens is 3. The van der Waals surface area contributed by atoms with E-state index in [0.29, 0.717) is 6.54 Å². The number of aryl methyl sites for hydroxylation is 1. The highest BCUT2D eigenvalue weighted by Gasteiger charge is 2.25. The monoisotopic (exact) mass is 295 g/mol. The number of nitrogens with one attached hydrogen (secondary N) is 1. The minimum absolute atomic E-state index is 0.0205. The van der Waals surface area contributed by atoms with E-state index in [1.165, 1.54) is 17.7 Å². The highest BCUT2D eigenvalue weighted by molar-refractivity contribution is 7.09. The number of nitrogens with zero attached hydrogens (tertiary/aromatic N) is 5. The van der Waals surface area contributed by atoms with Crippen LogP contribution in [0.1, 0.15) is 10.6 Å². The van der Waals surface area contributed by atoms with E-state index in [1.807, 2.05) is 6.92 Å². The minimum atomic E-state index is -0.555. The molecule has 0 saturated heterocycles. The van der Waals surface area contributed by atoms with Gasteiger partial charge in [0.2, 0.25) is 11.6 Å². The lowest BCUT2D eigenvalue weighted by molar-refractivity contribution is -0.383. The number of nitro groups is 1. The second kappa shape index (κ2) is 5.75. The van der Waals surface area contributed by atoms with Gasteiger partial charge >= 0.3 is 5.69 Å². The number of anilines is 2. The van der Waals surface area contributed by atoms with Gasteiger partial charge in [-0.1, -0.05) is 0 Å². The van der Waals surface area contributed by atoms with Crippen LogP contribution in [0.25, 0.3) is 0 Å². The molecule has 0 spiro atoms. The Morgan fingerprint density at radius 3 is 2.80 bits per heavy atom. The van der Waals surface area contributed by atoms with E-state index in [0.717, 1.165) is 10.6 Å². The summed E-state index contributed by atoms with van der Waals surface area (Å²) in [5, 5.41) is 11.2. The van der Waals surface area contributed by atoms with Crippen molar-refractivity contribution in [3.8, 4) is 0 Å². The second-order valence-electron chi connectivity index (χ2n) is 4.01. The molecular weight excluding hydrogens is 282 g/mol. The Kier molecular flexibility index (Phi) is 4.05. The van der Waals surface area contributed by atoms with Crippen LogP contribution in [0.15, 0.2) is 11.8 Å². The van der Waals surface area contributed by atoms with Crippen LogP contribution in [0.3, 0.4) is 0 Å². The van der Waals surface area contributed by atoms with Crippen LogP contribution >= 0.6 is 11.3 Å². The maximum absolute atomic E-state index is 11.2. The SMILES string of the molecule is Cc1ncsc1CN(C)c1ncnc(NN)c1[N+](=O)[O-]. The summed E-state index contributed by atoms with van der Waals surface area (Å²) in [7, 11) is 1.72. The normalized spacial score (nSPS) is 10.3. The van der Waals surface area contributed by atoms with Crippen molar-refractivity contribution in [3.05, 3.63) is 32.5 Å². The number of nitrogens with two attached hydrogens (primary N) is 1. The lowest BCUT2D eigenvalue weighted by atomic mass is 10.3. The number of hydrogen-bond donors (Lipinski definition) is 2. The summed E-state index contributed by atoms with van der Waals surface area (Å²) < 4.78 is 0. The standard InChI is InChI=1S/C10H13N7O2S/c1-6-7(20-5-14-6)3-16(2)10-8(17(18)19)9(15-11)12-4-13-10/h4-5H,3,11H2,1-2H3,(H,12,13,15). The highest BCUT2D eigenvalue weighted by Crippen LogP contribution is 2.31. The Labute approximate surface area is 118 Å². The van der Waals surface area contributed by atoms with Crippen molar-refractivity contribution < 1.29 is 4.92 Å². The molecule has 0 radical (unpaired) electrons. The van der Waals surface area contributed by atoms with Gasteiger partial charge in [-0.3, -0.25) is 10.1 Å². The number of nitrogen functional groups attached to an aromatic ring is 1. The van der Waals surface area contributed by atoms with E-state index < -0.39 is 4.92 Å². The molecule has 0 aliphatic heterocycles. The van der Waals surface area contributed by atoms with Gasteiger partial charge in [0.1, 0.15) is 6.33 Å². The summed E-state index contributed by atoms with van der Waals surface area (Å²) >= 11 is 1.49. The molecule has 106 valence electrons. The van der Waals surface area contributed by atoms with Gasteiger partial charge in [0.05, 0.1) is 22.7 Å². The average molecular weight is 295 g/mol. The maximum atomic E-state index is 11.2. The van der Waals surface area contributed by atoms with Crippen molar-refractivity contribution in [2.75, 3.05) is 17.4 Å². The molecule has 0 amide bonds. The number of hydrazine groups is 1. The fourth-order valence-electron chi connectivity index (χ4n) is 1.69.